The number of benzene rings is 1. The summed E-state index contributed by atoms with van der Waals surface area (Å²) in [7, 11) is 0. The van der Waals surface area contributed by atoms with E-state index in [2.05, 4.69) is 11.8 Å². The average molecular weight is 375 g/mol. The third-order valence-corrected chi connectivity index (χ3v) is 5.51. The van der Waals surface area contributed by atoms with Crippen molar-refractivity contribution in [2.45, 2.75) is 19.9 Å². The molecule has 0 saturated carbocycles. The fraction of sp³-hybridized carbons (Fsp3) is 0.474. The van der Waals surface area contributed by atoms with Gasteiger partial charge in [-0.2, -0.15) is 0 Å². The zero-order valence-corrected chi connectivity index (χ0v) is 15.4. The van der Waals surface area contributed by atoms with Crippen LogP contribution in [0.2, 0.25) is 0 Å². The minimum absolute atomic E-state index is 0.0462. The van der Waals surface area contributed by atoms with E-state index in [9.17, 15) is 14.7 Å². The van der Waals surface area contributed by atoms with E-state index in [-0.39, 0.29) is 23.6 Å². The number of aromatic nitrogens is 1. The number of rotatable bonds is 3. The Labute approximate surface area is 155 Å². The molecule has 2 aromatic rings. The van der Waals surface area contributed by atoms with Gasteiger partial charge < -0.3 is 24.2 Å². The summed E-state index contributed by atoms with van der Waals surface area (Å²) in [5.74, 6) is -1.53. The van der Waals surface area contributed by atoms with Crippen molar-refractivity contribution in [3.05, 3.63) is 33.9 Å². The van der Waals surface area contributed by atoms with Crippen LogP contribution in [0.1, 0.15) is 30.2 Å². The molecule has 7 nitrogen and oxygen atoms in total. The monoisotopic (exact) mass is 375 g/mol. The number of nitrogens with zero attached hydrogens (tertiary/aromatic N) is 3. The Morgan fingerprint density at radius 2 is 2.04 bits per heavy atom. The van der Waals surface area contributed by atoms with E-state index in [1.807, 2.05) is 11.8 Å². The summed E-state index contributed by atoms with van der Waals surface area (Å²) in [6.07, 6.45) is 1.35. The molecule has 3 heterocycles. The Hall–Kier alpha value is -2.61. The lowest BCUT2D eigenvalue weighted by molar-refractivity contribution is 0.0694. The van der Waals surface area contributed by atoms with Gasteiger partial charge in [-0.1, -0.05) is 6.92 Å². The van der Waals surface area contributed by atoms with Crippen LogP contribution in [0.4, 0.5) is 10.1 Å². The topological polar surface area (TPSA) is 75.0 Å². The van der Waals surface area contributed by atoms with E-state index < -0.39 is 17.2 Å². The number of carboxylic acids is 1. The Morgan fingerprint density at radius 3 is 2.67 bits per heavy atom. The lowest BCUT2D eigenvalue weighted by atomic mass is 10.1. The van der Waals surface area contributed by atoms with Crippen LogP contribution in [0.25, 0.3) is 10.9 Å². The second kappa shape index (κ2) is 6.53. The second-order valence-corrected chi connectivity index (χ2v) is 7.10. The van der Waals surface area contributed by atoms with Gasteiger partial charge in [0.1, 0.15) is 17.9 Å². The first-order valence-corrected chi connectivity index (χ1v) is 9.17. The fourth-order valence-corrected chi connectivity index (χ4v) is 3.95. The van der Waals surface area contributed by atoms with Gasteiger partial charge in [-0.25, -0.2) is 9.18 Å². The van der Waals surface area contributed by atoms with Gasteiger partial charge in [-0.3, -0.25) is 4.79 Å². The summed E-state index contributed by atoms with van der Waals surface area (Å²) in [5.41, 5.74) is -0.209. The molecule has 2 aliphatic rings. The summed E-state index contributed by atoms with van der Waals surface area (Å²) < 4.78 is 22.7. The smallest absolute Gasteiger partial charge is 0.341 e. The summed E-state index contributed by atoms with van der Waals surface area (Å²) in [4.78, 5) is 28.3. The molecule has 1 saturated heterocycles. The first kappa shape index (κ1) is 17.8. The molecule has 27 heavy (non-hydrogen) atoms. The number of carboxylic acid groups (broad SMARTS) is 1. The zero-order chi connectivity index (χ0) is 19.3. The van der Waals surface area contributed by atoms with Crippen LogP contribution in [-0.2, 0) is 0 Å². The van der Waals surface area contributed by atoms with Crippen molar-refractivity contribution in [1.82, 2.24) is 9.47 Å². The van der Waals surface area contributed by atoms with Crippen LogP contribution < -0.4 is 15.1 Å². The summed E-state index contributed by atoms with van der Waals surface area (Å²) >= 11 is 0. The summed E-state index contributed by atoms with van der Waals surface area (Å²) in [5, 5.41) is 9.39. The average Bonchev–Trinajstić information content (AvgIpc) is 2.66. The molecule has 8 heteroatoms. The standard InChI is InChI=1S/C19H22FN3O4/c1-3-21-4-6-22(7-5-21)16-14(20)8-12-15-18(16)27-10-11(2)23(15)9-13(17(12)24)19(25)26/h8-9,11H,3-7,10H2,1-2H3,(H,25,26)/t11-/m1/s1. The van der Waals surface area contributed by atoms with Gasteiger partial charge in [-0.05, 0) is 19.5 Å². The fourth-order valence-electron chi connectivity index (χ4n) is 3.95. The third kappa shape index (κ3) is 2.75. The summed E-state index contributed by atoms with van der Waals surface area (Å²) in [6.45, 7) is 8.20. The molecule has 4 rings (SSSR count). The van der Waals surface area contributed by atoms with Gasteiger partial charge in [0.25, 0.3) is 0 Å². The van der Waals surface area contributed by atoms with Crippen LogP contribution in [0.5, 0.6) is 5.75 Å². The van der Waals surface area contributed by atoms with Crippen LogP contribution >= 0.6 is 0 Å². The third-order valence-electron chi connectivity index (χ3n) is 5.51. The number of pyridine rings is 1. The SMILES string of the molecule is CCN1CCN(c2c(F)cc3c(=O)c(C(=O)O)cn4c3c2OC[C@H]4C)CC1. The predicted molar refractivity (Wildman–Crippen MR) is 99.7 cm³/mol. The molecule has 2 aliphatic heterocycles. The second-order valence-electron chi connectivity index (χ2n) is 7.10. The molecule has 0 spiro atoms. The van der Waals surface area contributed by atoms with Crippen LogP contribution in [0.15, 0.2) is 17.1 Å². The van der Waals surface area contributed by atoms with Crippen molar-refractivity contribution in [3.63, 3.8) is 0 Å². The van der Waals surface area contributed by atoms with E-state index >= 15 is 4.39 Å². The molecule has 1 N–H and O–H groups in total. The molecule has 144 valence electrons. The molecule has 0 bridgehead atoms. The van der Waals surface area contributed by atoms with Crippen molar-refractivity contribution in [2.24, 2.45) is 0 Å². The Morgan fingerprint density at radius 1 is 1.33 bits per heavy atom. The molecule has 1 fully saturated rings. The number of hydrogen-bond donors (Lipinski definition) is 1. The largest absolute Gasteiger partial charge is 0.487 e. The first-order valence-electron chi connectivity index (χ1n) is 9.17. The minimum atomic E-state index is -1.31. The maximum Gasteiger partial charge on any atom is 0.341 e. The minimum Gasteiger partial charge on any atom is -0.487 e. The van der Waals surface area contributed by atoms with E-state index in [1.165, 1.54) is 6.20 Å². The maximum atomic E-state index is 15.1. The maximum absolute atomic E-state index is 15.1. The lowest BCUT2D eigenvalue weighted by Gasteiger charge is -2.37. The number of halogens is 1. The molecule has 0 unspecified atom stereocenters. The molecule has 0 aliphatic carbocycles. The van der Waals surface area contributed by atoms with Crippen molar-refractivity contribution in [3.8, 4) is 5.75 Å². The van der Waals surface area contributed by atoms with Crippen LogP contribution in [0, 0.1) is 5.82 Å². The van der Waals surface area contributed by atoms with Gasteiger partial charge in [0.2, 0.25) is 5.43 Å². The molecular weight excluding hydrogens is 353 g/mol. The van der Waals surface area contributed by atoms with Crippen LogP contribution in [-0.4, -0.2) is 59.9 Å². The van der Waals surface area contributed by atoms with Gasteiger partial charge in [-0.15, -0.1) is 0 Å². The number of hydrogen-bond acceptors (Lipinski definition) is 5. The predicted octanol–water partition coefficient (Wildman–Crippen LogP) is 1.93. The molecule has 0 amide bonds. The van der Waals surface area contributed by atoms with Gasteiger partial charge in [0.15, 0.2) is 11.6 Å². The van der Waals surface area contributed by atoms with Gasteiger partial charge in [0.05, 0.1) is 16.9 Å². The number of piperazine rings is 1. The van der Waals surface area contributed by atoms with E-state index in [0.717, 1.165) is 25.7 Å². The van der Waals surface area contributed by atoms with E-state index in [1.54, 1.807) is 4.57 Å². The van der Waals surface area contributed by atoms with Gasteiger partial charge >= 0.3 is 5.97 Å². The van der Waals surface area contributed by atoms with E-state index in [0.29, 0.717) is 30.0 Å². The molecule has 1 atom stereocenters. The van der Waals surface area contributed by atoms with Crippen molar-refractivity contribution in [1.29, 1.82) is 0 Å². The van der Waals surface area contributed by atoms with E-state index in [4.69, 9.17) is 4.74 Å². The van der Waals surface area contributed by atoms with Crippen molar-refractivity contribution in [2.75, 3.05) is 44.2 Å². The Balaban J connectivity index is 1.94. The number of anilines is 1. The molecule has 1 aromatic carbocycles. The van der Waals surface area contributed by atoms with Crippen molar-refractivity contribution < 1.29 is 19.0 Å². The van der Waals surface area contributed by atoms with Crippen LogP contribution in [0.3, 0.4) is 0 Å². The summed E-state index contributed by atoms with van der Waals surface area (Å²) in [6, 6.07) is 1.00. The number of ether oxygens (including phenoxy) is 1. The highest BCUT2D eigenvalue weighted by molar-refractivity contribution is 5.97. The number of aromatic carboxylic acids is 1. The lowest BCUT2D eigenvalue weighted by Crippen LogP contribution is -2.46. The van der Waals surface area contributed by atoms with Crippen molar-refractivity contribution >= 4 is 22.6 Å². The quantitative estimate of drug-likeness (QED) is 0.884. The molecular formula is C19H22FN3O4. The highest BCUT2D eigenvalue weighted by atomic mass is 19.1. The normalized spacial score (nSPS) is 20.0. The van der Waals surface area contributed by atoms with Gasteiger partial charge in [0, 0.05) is 32.4 Å². The Bertz CT molecular complexity index is 979. The first-order chi connectivity index (χ1) is 12.9. The zero-order valence-electron chi connectivity index (χ0n) is 15.4. The number of carbonyl (C=O) groups is 1. The number of likely N-dealkylation sites (N-methyl/N-ethyl adjacent to an activating group) is 1. The highest BCUT2D eigenvalue weighted by Crippen LogP contribution is 2.42. The molecule has 1 aromatic heterocycles. The highest BCUT2D eigenvalue weighted by Gasteiger charge is 2.31. The molecule has 0 radical (unpaired) electrons. The Kier molecular flexibility index (Phi) is 4.30.